The van der Waals surface area contributed by atoms with Gasteiger partial charge in [0.25, 0.3) is 5.92 Å². The lowest BCUT2D eigenvalue weighted by molar-refractivity contribution is -0.136. The van der Waals surface area contributed by atoms with E-state index in [4.69, 9.17) is 9.84 Å². The molecule has 0 spiro atoms. The Hall–Kier alpha value is -2.83. The number of carbonyl (C=O) groups is 1. The molecule has 0 bridgehead atoms. The number of hydrogen-bond donors (Lipinski definition) is 1. The number of allylic oxidation sites excluding steroid dienone is 1. The van der Waals surface area contributed by atoms with Crippen LogP contribution in [-0.2, 0) is 11.2 Å². The van der Waals surface area contributed by atoms with Crippen LogP contribution < -0.4 is 4.74 Å². The van der Waals surface area contributed by atoms with Gasteiger partial charge in [0.15, 0.2) is 0 Å². The van der Waals surface area contributed by atoms with Crippen LogP contribution in [0.3, 0.4) is 0 Å². The summed E-state index contributed by atoms with van der Waals surface area (Å²) in [5.41, 5.74) is 2.93. The molecular formula is C23H22F4O3. The summed E-state index contributed by atoms with van der Waals surface area (Å²) in [7, 11) is 0. The molecule has 1 aliphatic carbocycles. The maximum atomic E-state index is 14.2. The number of halogens is 4. The number of hydrogen-bond acceptors (Lipinski definition) is 2. The smallest absolute Gasteiger partial charge is 0.303 e. The summed E-state index contributed by atoms with van der Waals surface area (Å²) in [4.78, 5) is 10.8. The van der Waals surface area contributed by atoms with Gasteiger partial charge in [0, 0.05) is 30.9 Å². The van der Waals surface area contributed by atoms with Gasteiger partial charge in [-0.25, -0.2) is 17.6 Å². The van der Waals surface area contributed by atoms with Gasteiger partial charge in [-0.3, -0.25) is 4.79 Å². The molecule has 2 aromatic carbocycles. The quantitative estimate of drug-likeness (QED) is 0.569. The average Bonchev–Trinajstić information content (AvgIpc) is 2.96. The second-order valence-corrected chi connectivity index (χ2v) is 7.57. The molecule has 0 amide bonds. The van der Waals surface area contributed by atoms with Crippen LogP contribution in [0, 0.1) is 25.5 Å². The first-order valence-corrected chi connectivity index (χ1v) is 9.55. The summed E-state index contributed by atoms with van der Waals surface area (Å²) in [6.07, 6.45) is -0.781. The molecule has 0 fully saturated rings. The first-order valence-electron chi connectivity index (χ1n) is 9.55. The summed E-state index contributed by atoms with van der Waals surface area (Å²) >= 11 is 0. The number of alkyl halides is 2. The van der Waals surface area contributed by atoms with E-state index < -0.39 is 36.4 Å². The third kappa shape index (κ3) is 4.83. The third-order valence-corrected chi connectivity index (χ3v) is 5.45. The lowest BCUT2D eigenvalue weighted by Crippen LogP contribution is -2.12. The van der Waals surface area contributed by atoms with E-state index in [9.17, 15) is 22.4 Å². The Labute approximate surface area is 172 Å². The number of carboxylic acid groups (broad SMARTS) is 1. The molecule has 1 aliphatic rings. The predicted molar refractivity (Wildman–Crippen MR) is 105 cm³/mol. The van der Waals surface area contributed by atoms with Gasteiger partial charge in [-0.05, 0) is 66.3 Å². The number of benzene rings is 2. The predicted octanol–water partition coefficient (Wildman–Crippen LogP) is 5.86. The van der Waals surface area contributed by atoms with Crippen LogP contribution in [0.2, 0.25) is 0 Å². The molecule has 160 valence electrons. The van der Waals surface area contributed by atoms with Gasteiger partial charge in [0.05, 0.1) is 0 Å². The Bertz CT molecular complexity index is 1010. The molecule has 0 unspecified atom stereocenters. The monoisotopic (exact) mass is 422 g/mol. The Morgan fingerprint density at radius 3 is 2.50 bits per heavy atom. The van der Waals surface area contributed by atoms with E-state index in [1.165, 1.54) is 6.07 Å². The summed E-state index contributed by atoms with van der Waals surface area (Å²) in [5.74, 6) is -5.06. The van der Waals surface area contributed by atoms with Crippen LogP contribution in [0.4, 0.5) is 17.6 Å². The Morgan fingerprint density at radius 1 is 1.10 bits per heavy atom. The highest BCUT2D eigenvalue weighted by Gasteiger charge is 2.40. The van der Waals surface area contributed by atoms with Crippen molar-refractivity contribution in [3.05, 3.63) is 69.8 Å². The number of rotatable bonds is 7. The molecule has 7 heteroatoms. The van der Waals surface area contributed by atoms with E-state index in [2.05, 4.69) is 0 Å². The molecule has 0 aliphatic heterocycles. The minimum Gasteiger partial charge on any atom is -0.489 e. The van der Waals surface area contributed by atoms with Gasteiger partial charge in [-0.15, -0.1) is 0 Å². The second kappa shape index (κ2) is 8.50. The second-order valence-electron chi connectivity index (χ2n) is 7.57. The van der Waals surface area contributed by atoms with Crippen LogP contribution in [0.1, 0.15) is 41.5 Å². The van der Waals surface area contributed by atoms with Crippen molar-refractivity contribution in [1.82, 2.24) is 0 Å². The van der Waals surface area contributed by atoms with Crippen LogP contribution in [-0.4, -0.2) is 23.6 Å². The van der Waals surface area contributed by atoms with Gasteiger partial charge in [0.1, 0.15) is 24.0 Å². The van der Waals surface area contributed by atoms with E-state index >= 15 is 0 Å². The molecule has 0 heterocycles. The van der Waals surface area contributed by atoms with E-state index in [0.717, 1.165) is 22.8 Å². The molecule has 1 N–H and O–H groups in total. The molecule has 0 radical (unpaired) electrons. The maximum absolute atomic E-state index is 14.2. The Balaban J connectivity index is 1.83. The van der Waals surface area contributed by atoms with Gasteiger partial charge in [-0.1, -0.05) is 6.07 Å². The number of ether oxygens (including phenoxy) is 1. The van der Waals surface area contributed by atoms with Crippen molar-refractivity contribution >= 4 is 11.5 Å². The molecule has 0 atom stereocenters. The van der Waals surface area contributed by atoms with E-state index in [0.29, 0.717) is 18.2 Å². The lowest BCUT2D eigenvalue weighted by atomic mass is 9.98. The van der Waals surface area contributed by atoms with Crippen molar-refractivity contribution in [3.63, 3.8) is 0 Å². The maximum Gasteiger partial charge on any atom is 0.303 e. The molecule has 30 heavy (non-hydrogen) atoms. The third-order valence-electron chi connectivity index (χ3n) is 5.45. The zero-order chi connectivity index (χ0) is 22.1. The molecule has 2 aromatic rings. The van der Waals surface area contributed by atoms with Crippen molar-refractivity contribution in [2.45, 2.75) is 45.5 Å². The molecular weight excluding hydrogens is 400 g/mol. The molecule has 0 aromatic heterocycles. The van der Waals surface area contributed by atoms with Gasteiger partial charge < -0.3 is 9.84 Å². The normalized spacial score (nSPS) is 15.5. The first kappa shape index (κ1) is 21.9. The largest absolute Gasteiger partial charge is 0.489 e. The van der Waals surface area contributed by atoms with Crippen LogP contribution in [0.5, 0.6) is 5.75 Å². The number of aliphatic carboxylic acids is 1. The van der Waals surface area contributed by atoms with Gasteiger partial charge in [0.2, 0.25) is 0 Å². The Kier molecular flexibility index (Phi) is 6.19. The molecule has 0 saturated carbocycles. The van der Waals surface area contributed by atoms with E-state index in [1.54, 1.807) is 12.1 Å². The van der Waals surface area contributed by atoms with Crippen LogP contribution in [0.25, 0.3) is 5.57 Å². The first-order chi connectivity index (χ1) is 14.1. The molecule has 3 rings (SSSR count). The fourth-order valence-electron chi connectivity index (χ4n) is 3.71. The highest BCUT2D eigenvalue weighted by Crippen LogP contribution is 2.44. The minimum atomic E-state index is -3.01. The van der Waals surface area contributed by atoms with Crippen molar-refractivity contribution in [3.8, 4) is 5.75 Å². The summed E-state index contributed by atoms with van der Waals surface area (Å²) < 4.78 is 61.3. The lowest BCUT2D eigenvalue weighted by Gasteiger charge is -2.16. The molecule has 3 nitrogen and oxygen atoms in total. The highest BCUT2D eigenvalue weighted by molar-refractivity contribution is 5.72. The Morgan fingerprint density at radius 2 is 1.83 bits per heavy atom. The summed E-state index contributed by atoms with van der Waals surface area (Å²) in [6, 6.07) is 6.35. The van der Waals surface area contributed by atoms with Crippen molar-refractivity contribution < 1.29 is 32.2 Å². The van der Waals surface area contributed by atoms with Gasteiger partial charge in [-0.2, -0.15) is 0 Å². The van der Waals surface area contributed by atoms with E-state index in [1.807, 2.05) is 13.8 Å². The van der Waals surface area contributed by atoms with E-state index in [-0.39, 0.29) is 29.7 Å². The van der Waals surface area contributed by atoms with Crippen LogP contribution >= 0.6 is 0 Å². The zero-order valence-electron chi connectivity index (χ0n) is 16.7. The summed E-state index contributed by atoms with van der Waals surface area (Å²) in [5, 5.41) is 8.85. The highest BCUT2D eigenvalue weighted by atomic mass is 19.3. The van der Waals surface area contributed by atoms with Crippen molar-refractivity contribution in [2.75, 3.05) is 6.61 Å². The van der Waals surface area contributed by atoms with Crippen molar-refractivity contribution in [1.29, 1.82) is 0 Å². The fourth-order valence-corrected chi connectivity index (χ4v) is 3.71. The zero-order valence-corrected chi connectivity index (χ0v) is 16.7. The molecule has 0 saturated heterocycles. The van der Waals surface area contributed by atoms with Crippen LogP contribution in [0.15, 0.2) is 35.9 Å². The summed E-state index contributed by atoms with van der Waals surface area (Å²) in [6.45, 7) is 3.52. The topological polar surface area (TPSA) is 46.5 Å². The fraction of sp³-hybridized carbons (Fsp3) is 0.348. The van der Waals surface area contributed by atoms with Crippen molar-refractivity contribution in [2.24, 2.45) is 0 Å². The number of carboxylic acids is 1. The standard InChI is InChI=1S/C23H22F4O3/c1-13-14(2)21(7-3-15(13)4-8-22(28)29)30-12-16-10-23(26,27)11-19(16)18-6-5-17(24)9-20(18)25/h3,5-7,9H,4,8,10-12H2,1-2H3,(H,28,29). The minimum absolute atomic E-state index is 0.00897. The SMILES string of the molecule is Cc1c(CCC(=O)O)ccc(OCC2=C(c3ccc(F)cc3F)CC(F)(F)C2)c1C. The average molecular weight is 422 g/mol. The number of aryl methyl sites for hydroxylation is 1. The van der Waals surface area contributed by atoms with Gasteiger partial charge >= 0.3 is 5.97 Å².